The van der Waals surface area contributed by atoms with E-state index < -0.39 is 10.0 Å². The van der Waals surface area contributed by atoms with Crippen molar-refractivity contribution in [3.8, 4) is 5.75 Å². The number of nitrogen functional groups attached to an aromatic ring is 1. The van der Waals surface area contributed by atoms with Crippen LogP contribution in [0.25, 0.3) is 0 Å². The van der Waals surface area contributed by atoms with Gasteiger partial charge < -0.3 is 10.8 Å². The van der Waals surface area contributed by atoms with Crippen LogP contribution < -0.4 is 10.0 Å². The van der Waals surface area contributed by atoms with Gasteiger partial charge in [0.2, 0.25) is 0 Å². The molecular weight excluding hydrogens is 335 g/mol. The van der Waals surface area contributed by atoms with Crippen LogP contribution in [-0.4, -0.2) is 20.6 Å². The summed E-state index contributed by atoms with van der Waals surface area (Å²) in [5.41, 5.74) is 5.95. The summed E-state index contributed by atoms with van der Waals surface area (Å²) >= 11 is 11.8. The molecule has 0 aliphatic rings. The van der Waals surface area contributed by atoms with Gasteiger partial charge in [0, 0.05) is 13.1 Å². The molecule has 0 heterocycles. The van der Waals surface area contributed by atoms with Gasteiger partial charge in [0.1, 0.15) is 10.6 Å². The zero-order valence-electron chi connectivity index (χ0n) is 10.9. The molecule has 2 aromatic carbocycles. The Bertz CT molecular complexity index is 794. The third-order valence-corrected chi connectivity index (χ3v) is 5.60. The van der Waals surface area contributed by atoms with Crippen molar-refractivity contribution in [3.05, 3.63) is 46.4 Å². The number of nitrogens with two attached hydrogens (primary N) is 1. The maximum Gasteiger partial charge on any atom is 0.265 e. The zero-order valence-corrected chi connectivity index (χ0v) is 13.2. The van der Waals surface area contributed by atoms with Gasteiger partial charge in [-0.05, 0) is 24.3 Å². The van der Waals surface area contributed by atoms with Crippen LogP contribution in [0.4, 0.5) is 11.4 Å². The molecule has 2 aromatic rings. The maximum atomic E-state index is 12.6. The normalized spacial score (nSPS) is 11.4. The van der Waals surface area contributed by atoms with Crippen LogP contribution >= 0.6 is 23.2 Å². The molecule has 5 nitrogen and oxygen atoms in total. The summed E-state index contributed by atoms with van der Waals surface area (Å²) in [4.78, 5) is -0.156. The van der Waals surface area contributed by atoms with Crippen LogP contribution in [0.5, 0.6) is 5.75 Å². The molecule has 0 amide bonds. The van der Waals surface area contributed by atoms with Crippen LogP contribution in [0.1, 0.15) is 0 Å². The van der Waals surface area contributed by atoms with E-state index in [1.54, 1.807) is 6.07 Å². The number of benzene rings is 2. The van der Waals surface area contributed by atoms with Crippen molar-refractivity contribution in [1.29, 1.82) is 0 Å². The first-order valence-corrected chi connectivity index (χ1v) is 7.96. The van der Waals surface area contributed by atoms with Gasteiger partial charge >= 0.3 is 0 Å². The number of phenols is 1. The Morgan fingerprint density at radius 2 is 1.86 bits per heavy atom. The lowest BCUT2D eigenvalue weighted by atomic mass is 10.3. The Morgan fingerprint density at radius 1 is 1.19 bits per heavy atom. The SMILES string of the molecule is CN(c1cccc(O)c1)S(=O)(=O)c1ccc(Cl)c(N)c1Cl. The van der Waals surface area contributed by atoms with Gasteiger partial charge in [0.15, 0.2) is 0 Å². The number of halogens is 2. The standard InChI is InChI=1S/C13H12Cl2N2O3S/c1-17(8-3-2-4-9(18)7-8)21(19,20)11-6-5-10(14)13(16)12(11)15/h2-7,18H,16H2,1H3. The van der Waals surface area contributed by atoms with Gasteiger partial charge in [-0.15, -0.1) is 0 Å². The van der Waals surface area contributed by atoms with Crippen LogP contribution in [0.2, 0.25) is 10.0 Å². The number of anilines is 2. The highest BCUT2D eigenvalue weighted by molar-refractivity contribution is 7.93. The fraction of sp³-hybridized carbons (Fsp3) is 0.0769. The second-order valence-corrected chi connectivity index (χ2v) is 6.99. The molecule has 0 aliphatic carbocycles. The number of sulfonamides is 1. The first kappa shape index (κ1) is 15.8. The summed E-state index contributed by atoms with van der Waals surface area (Å²) in [5, 5.41) is 9.50. The fourth-order valence-corrected chi connectivity index (χ4v) is 3.65. The molecule has 8 heteroatoms. The smallest absolute Gasteiger partial charge is 0.265 e. The van der Waals surface area contributed by atoms with E-state index in [9.17, 15) is 13.5 Å². The second-order valence-electron chi connectivity index (χ2n) is 4.27. The predicted molar refractivity (Wildman–Crippen MR) is 84.6 cm³/mol. The molecule has 0 saturated carbocycles. The van der Waals surface area contributed by atoms with E-state index in [1.165, 1.54) is 37.4 Å². The largest absolute Gasteiger partial charge is 0.508 e. The van der Waals surface area contributed by atoms with Crippen molar-refractivity contribution in [2.24, 2.45) is 0 Å². The van der Waals surface area contributed by atoms with Crippen LogP contribution in [0.15, 0.2) is 41.3 Å². The second kappa shape index (κ2) is 5.63. The Balaban J connectivity index is 2.55. The number of nitrogens with zero attached hydrogens (tertiary/aromatic N) is 1. The minimum atomic E-state index is -3.93. The zero-order chi connectivity index (χ0) is 15.8. The summed E-state index contributed by atoms with van der Waals surface area (Å²) in [5.74, 6) is -0.0451. The average Bonchev–Trinajstić information content (AvgIpc) is 2.43. The van der Waals surface area contributed by atoms with Gasteiger partial charge in [0.25, 0.3) is 10.0 Å². The molecule has 0 bridgehead atoms. The van der Waals surface area contributed by atoms with Crippen molar-refractivity contribution in [3.63, 3.8) is 0 Å². The van der Waals surface area contributed by atoms with Gasteiger partial charge in [-0.25, -0.2) is 8.42 Å². The number of hydrogen-bond acceptors (Lipinski definition) is 4. The highest BCUT2D eigenvalue weighted by atomic mass is 35.5. The lowest BCUT2D eigenvalue weighted by Crippen LogP contribution is -2.26. The quantitative estimate of drug-likeness (QED) is 0.836. The maximum absolute atomic E-state index is 12.6. The van der Waals surface area contributed by atoms with Gasteiger partial charge in [-0.3, -0.25) is 4.31 Å². The van der Waals surface area contributed by atoms with Crippen molar-refractivity contribution in [1.82, 2.24) is 0 Å². The first-order chi connectivity index (χ1) is 9.75. The first-order valence-electron chi connectivity index (χ1n) is 5.76. The van der Waals surface area contributed by atoms with Crippen LogP contribution in [0.3, 0.4) is 0 Å². The number of aromatic hydroxyl groups is 1. The molecule has 0 aliphatic heterocycles. The third kappa shape index (κ3) is 2.88. The van der Waals surface area contributed by atoms with E-state index in [0.29, 0.717) is 5.69 Å². The molecule has 0 unspecified atom stereocenters. The molecule has 0 aromatic heterocycles. The minimum absolute atomic E-state index is 0.00344. The summed E-state index contributed by atoms with van der Waals surface area (Å²) in [7, 11) is -2.57. The van der Waals surface area contributed by atoms with Gasteiger partial charge in [0.05, 0.1) is 21.4 Å². The Hall–Kier alpha value is -1.63. The molecule has 3 N–H and O–H groups in total. The van der Waals surface area contributed by atoms with E-state index in [-0.39, 0.29) is 26.4 Å². The van der Waals surface area contributed by atoms with Crippen LogP contribution in [-0.2, 0) is 10.0 Å². The molecule has 0 radical (unpaired) electrons. The van der Waals surface area contributed by atoms with Crippen molar-refractivity contribution < 1.29 is 13.5 Å². The predicted octanol–water partition coefficient (Wildman–Crippen LogP) is 3.11. The highest BCUT2D eigenvalue weighted by Crippen LogP contribution is 2.35. The molecule has 0 fully saturated rings. The third-order valence-electron chi connectivity index (χ3n) is 2.92. The van der Waals surface area contributed by atoms with E-state index >= 15 is 0 Å². The van der Waals surface area contributed by atoms with E-state index in [4.69, 9.17) is 28.9 Å². The van der Waals surface area contributed by atoms with Gasteiger partial charge in [-0.2, -0.15) is 0 Å². The Labute approximate surface area is 132 Å². The Kier molecular flexibility index (Phi) is 4.22. The molecule has 0 atom stereocenters. The lowest BCUT2D eigenvalue weighted by molar-refractivity contribution is 0.475. The Morgan fingerprint density at radius 3 is 2.48 bits per heavy atom. The highest BCUT2D eigenvalue weighted by Gasteiger charge is 2.26. The lowest BCUT2D eigenvalue weighted by Gasteiger charge is -2.21. The monoisotopic (exact) mass is 346 g/mol. The molecule has 2 rings (SSSR count). The summed E-state index contributed by atoms with van der Waals surface area (Å²) in [6.07, 6.45) is 0. The number of rotatable bonds is 3. The number of phenolic OH excluding ortho intramolecular Hbond substituents is 1. The van der Waals surface area contributed by atoms with Crippen molar-refractivity contribution >= 4 is 44.6 Å². The molecular formula is C13H12Cl2N2O3S. The summed E-state index contributed by atoms with van der Waals surface area (Å²) < 4.78 is 26.2. The van der Waals surface area contributed by atoms with Gasteiger partial charge in [-0.1, -0.05) is 29.3 Å². The molecule has 21 heavy (non-hydrogen) atoms. The summed E-state index contributed by atoms with van der Waals surface area (Å²) in [6, 6.07) is 8.50. The summed E-state index contributed by atoms with van der Waals surface area (Å²) in [6.45, 7) is 0. The molecule has 0 spiro atoms. The van der Waals surface area contributed by atoms with E-state index in [2.05, 4.69) is 0 Å². The van der Waals surface area contributed by atoms with E-state index in [1.807, 2.05) is 0 Å². The fourth-order valence-electron chi connectivity index (χ4n) is 1.72. The van der Waals surface area contributed by atoms with Crippen LogP contribution in [0, 0.1) is 0 Å². The number of hydrogen-bond donors (Lipinski definition) is 2. The minimum Gasteiger partial charge on any atom is -0.508 e. The topological polar surface area (TPSA) is 83.6 Å². The average molecular weight is 347 g/mol. The van der Waals surface area contributed by atoms with Crippen molar-refractivity contribution in [2.45, 2.75) is 4.90 Å². The molecule has 0 saturated heterocycles. The molecule has 112 valence electrons. The van der Waals surface area contributed by atoms with Crippen molar-refractivity contribution in [2.75, 3.05) is 17.1 Å². The van der Waals surface area contributed by atoms with E-state index in [0.717, 1.165) is 4.31 Å².